The van der Waals surface area contributed by atoms with Gasteiger partial charge in [-0.3, -0.25) is 0 Å². The number of aromatic nitrogens is 9. The fourth-order valence-electron chi connectivity index (χ4n) is 7.66. The molecular weight excluding hydrogens is 1130 g/mol. The molecule has 0 aliphatic carbocycles. The molecule has 2 N–H and O–H groups in total. The fraction of sp³-hybridized carbons (Fsp3) is 0.236. The van der Waals surface area contributed by atoms with Crippen molar-refractivity contribution in [1.29, 1.82) is 0 Å². The van der Waals surface area contributed by atoms with Crippen LogP contribution >= 0.6 is 81.7 Å². The second-order valence-corrected chi connectivity index (χ2v) is 23.2. The first-order valence-corrected chi connectivity index (χ1v) is 29.3. The highest BCUT2D eigenvalue weighted by Gasteiger charge is 2.52. The zero-order valence-electron chi connectivity index (χ0n) is 41.2. The number of fused-ring (bicyclic) bond motifs is 3. The molecule has 1 aliphatic heterocycles. The van der Waals surface area contributed by atoms with Crippen LogP contribution in [0.3, 0.4) is 0 Å². The number of thioether (sulfide) groups is 3. The average Bonchev–Trinajstić information content (AvgIpc) is 4.19. The van der Waals surface area contributed by atoms with E-state index in [1.807, 2.05) is 74.5 Å². The highest BCUT2D eigenvalue weighted by molar-refractivity contribution is 7.99. The van der Waals surface area contributed by atoms with E-state index in [0.717, 1.165) is 64.4 Å². The van der Waals surface area contributed by atoms with E-state index >= 15 is 0 Å². The van der Waals surface area contributed by atoms with Gasteiger partial charge in [0.2, 0.25) is 5.28 Å². The van der Waals surface area contributed by atoms with Crippen molar-refractivity contribution in [2.24, 2.45) is 0 Å². The van der Waals surface area contributed by atoms with Crippen molar-refractivity contribution in [3.63, 3.8) is 0 Å². The van der Waals surface area contributed by atoms with Gasteiger partial charge in [-0.2, -0.15) is 0 Å². The summed E-state index contributed by atoms with van der Waals surface area (Å²) in [5, 5.41) is 6.80. The molecule has 77 heavy (non-hydrogen) atoms. The van der Waals surface area contributed by atoms with E-state index in [0.29, 0.717) is 32.6 Å². The molecule has 0 unspecified atom stereocenters. The summed E-state index contributed by atoms with van der Waals surface area (Å²) in [6, 6.07) is 35.4. The summed E-state index contributed by atoms with van der Waals surface area (Å²) < 4.78 is 39.7. The highest BCUT2D eigenvalue weighted by Crippen LogP contribution is 2.37. The molecule has 0 saturated carbocycles. The maximum Gasteiger partial charge on any atom is 0.495 e. The third kappa shape index (κ3) is 14.4. The Morgan fingerprint density at radius 3 is 1.56 bits per heavy atom. The molecule has 0 spiro atoms. The number of hydrogen-bond acceptors (Lipinski definition) is 13. The normalized spacial score (nSPS) is 13.2. The minimum atomic E-state index is -3.71. The van der Waals surface area contributed by atoms with Crippen molar-refractivity contribution in [3.8, 4) is 22.8 Å². The highest BCUT2D eigenvalue weighted by atomic mass is 35.5. The Kier molecular flexibility index (Phi) is 21.7. The largest absolute Gasteiger partial charge is 0.495 e. The number of benzene rings is 4. The van der Waals surface area contributed by atoms with Crippen LogP contribution in [0, 0.1) is 6.92 Å². The van der Waals surface area contributed by atoms with Crippen LogP contribution in [0.4, 0.5) is 0 Å². The summed E-state index contributed by atoms with van der Waals surface area (Å²) >= 11 is 27.8. The lowest BCUT2D eigenvalue weighted by Crippen LogP contribution is -2.41. The van der Waals surface area contributed by atoms with Gasteiger partial charge in [0.25, 0.3) is 10.0 Å². The molecule has 7 heterocycles. The van der Waals surface area contributed by atoms with Gasteiger partial charge >= 0.3 is 7.12 Å². The first kappa shape index (κ1) is 62.7. The van der Waals surface area contributed by atoms with Crippen molar-refractivity contribution in [2.75, 3.05) is 18.8 Å². The predicted molar refractivity (Wildman–Crippen MR) is 328 cm³/mol. The predicted octanol–water partition coefficient (Wildman–Crippen LogP) is 15.9. The average molecular weight is 1190 g/mol. The van der Waals surface area contributed by atoms with Crippen LogP contribution < -0.4 is 5.46 Å². The van der Waals surface area contributed by atoms with E-state index < -0.39 is 10.0 Å². The van der Waals surface area contributed by atoms with Crippen LogP contribution in [0.15, 0.2) is 154 Å². The Labute approximate surface area is 484 Å². The van der Waals surface area contributed by atoms with Crippen LogP contribution in [0.5, 0.6) is 0 Å². The molecule has 4 aromatic carbocycles. The second kappa shape index (κ2) is 26.7. The number of halogens is 4. The number of nitrogens with one attached hydrogen (secondary N) is 2. The first-order chi connectivity index (χ1) is 35.3. The summed E-state index contributed by atoms with van der Waals surface area (Å²) in [6.07, 6.45) is 11.2. The van der Waals surface area contributed by atoms with Crippen LogP contribution in [0.2, 0.25) is 20.7 Å². The summed E-state index contributed by atoms with van der Waals surface area (Å²) in [5.74, 6) is 1.13. The SMILES string of the molecule is C.C.C.CC1(C)OB(c2cccc3[nH]ccc23)OC1(C)C.CSc1cc(Cl)nc(-c2cccc3[nH]ccc23)n1.CSc1cc(Cl)nc(-c2cccc3c2ccn3S(=O)(=O)c2ccc(C)cc2)n1.CSc1cc(Cl)nc(Cl)n1. The van der Waals surface area contributed by atoms with Crippen molar-refractivity contribution < 1.29 is 17.7 Å². The number of aromatic amines is 2. The molecule has 6 aromatic heterocycles. The molecule has 10 aromatic rings. The number of H-pyrrole nitrogens is 2. The Morgan fingerprint density at radius 1 is 0.558 bits per heavy atom. The quantitative estimate of drug-likeness (QED) is 0.0639. The van der Waals surface area contributed by atoms with Crippen LogP contribution in [-0.2, 0) is 19.3 Å². The molecule has 1 fully saturated rings. The molecule has 404 valence electrons. The lowest BCUT2D eigenvalue weighted by molar-refractivity contribution is 0.00578. The van der Waals surface area contributed by atoms with E-state index in [2.05, 4.69) is 85.8 Å². The van der Waals surface area contributed by atoms with Gasteiger partial charge in [-0.25, -0.2) is 42.3 Å². The van der Waals surface area contributed by atoms with E-state index in [-0.39, 0.29) is 50.8 Å². The van der Waals surface area contributed by atoms with Gasteiger partial charge in [0.15, 0.2) is 11.6 Å². The van der Waals surface area contributed by atoms with Crippen LogP contribution in [0.25, 0.3) is 55.5 Å². The van der Waals surface area contributed by atoms with E-state index in [1.54, 1.807) is 78.6 Å². The minimum absolute atomic E-state index is 0. The van der Waals surface area contributed by atoms with Gasteiger partial charge in [0.1, 0.15) is 30.5 Å². The first-order valence-electron chi connectivity index (χ1n) is 22.6. The third-order valence-electron chi connectivity index (χ3n) is 12.1. The van der Waals surface area contributed by atoms with E-state index in [1.165, 1.54) is 27.5 Å². The Hall–Kier alpha value is -5.12. The molecule has 11 rings (SSSR count). The third-order valence-corrected chi connectivity index (χ3v) is 16.4. The zero-order chi connectivity index (χ0) is 53.0. The Morgan fingerprint density at radius 2 is 1.03 bits per heavy atom. The maximum absolute atomic E-state index is 13.1. The van der Waals surface area contributed by atoms with Crippen molar-refractivity contribution in [2.45, 2.75) is 88.1 Å². The maximum atomic E-state index is 13.1. The lowest BCUT2D eigenvalue weighted by atomic mass is 9.77. The van der Waals surface area contributed by atoms with Crippen LogP contribution in [0.1, 0.15) is 55.5 Å². The standard InChI is InChI=1S/C20H16ClN3O2S2.C14H18BNO2.C13H10ClN3S.C5H4Cl2N2S.3CH4/c1-13-6-8-14(9-7-13)28(25,26)24-11-10-15-16(4-3-5-17(15)24)20-22-18(21)12-19(23-20)27-2;1-13(2)14(3,4)18-15(17-13)11-6-5-7-12-10(11)8-9-16-12;1-18-12-7-11(14)16-13(17-12)9-3-2-4-10-8(9)5-6-15-10;1-10-4-2-3(6)8-5(7)9-4;;;/h3-12H,1-2H3;5-9,16H,1-4H3;2-7,15H,1H3;2H,1H3;3*1H4. The van der Waals surface area contributed by atoms with E-state index in [9.17, 15) is 8.42 Å². The van der Waals surface area contributed by atoms with Crippen molar-refractivity contribution in [3.05, 3.63) is 160 Å². The van der Waals surface area contributed by atoms with Crippen molar-refractivity contribution >= 4 is 137 Å². The second-order valence-electron chi connectivity index (χ2n) is 17.4. The zero-order valence-corrected chi connectivity index (χ0v) is 47.5. The fourth-order valence-corrected chi connectivity index (χ4v) is 11.2. The summed E-state index contributed by atoms with van der Waals surface area (Å²) in [6.45, 7) is 10.2. The number of nitrogens with zero attached hydrogens (tertiary/aromatic N) is 7. The van der Waals surface area contributed by atoms with Crippen molar-refractivity contribution in [1.82, 2.24) is 43.8 Å². The Bertz CT molecular complexity index is 3690. The summed E-state index contributed by atoms with van der Waals surface area (Å²) in [7, 11) is -4.01. The molecule has 0 radical (unpaired) electrons. The van der Waals surface area contributed by atoms with Gasteiger partial charge in [-0.05, 0) is 124 Å². The van der Waals surface area contributed by atoms with Gasteiger partial charge in [0, 0.05) is 69.7 Å². The molecule has 22 heteroatoms. The molecule has 13 nitrogen and oxygen atoms in total. The number of rotatable bonds is 8. The monoisotopic (exact) mass is 1190 g/mol. The Balaban J connectivity index is 0.000000197. The molecule has 0 bridgehead atoms. The van der Waals surface area contributed by atoms with Crippen LogP contribution in [-0.4, -0.2) is 89.3 Å². The van der Waals surface area contributed by atoms with Gasteiger partial charge in [-0.15, -0.1) is 35.3 Å². The molecular formula is C55H60BCl4N9O4S4. The molecule has 0 amide bonds. The van der Waals surface area contributed by atoms with Gasteiger partial charge in [0.05, 0.1) is 21.6 Å². The summed E-state index contributed by atoms with van der Waals surface area (Å²) in [4.78, 5) is 31.9. The molecule has 1 saturated heterocycles. The molecule has 1 aliphatic rings. The molecule has 0 atom stereocenters. The smallest absolute Gasteiger partial charge is 0.399 e. The topological polar surface area (TPSA) is 166 Å². The number of hydrogen-bond donors (Lipinski definition) is 2. The summed E-state index contributed by atoms with van der Waals surface area (Å²) in [5.41, 5.74) is 5.97. The van der Waals surface area contributed by atoms with Gasteiger partial charge in [-0.1, -0.05) is 111 Å². The van der Waals surface area contributed by atoms with E-state index in [4.69, 9.17) is 55.7 Å². The van der Waals surface area contributed by atoms with Gasteiger partial charge < -0.3 is 19.3 Å². The lowest BCUT2D eigenvalue weighted by Gasteiger charge is -2.32. The minimum Gasteiger partial charge on any atom is -0.399 e. The number of aryl methyl sites for hydroxylation is 1.